The first kappa shape index (κ1) is 13.9. The summed E-state index contributed by atoms with van der Waals surface area (Å²) < 4.78 is 0. The second kappa shape index (κ2) is 5.74. The number of amides is 2. The lowest BCUT2D eigenvalue weighted by Crippen LogP contribution is -2.57. The van der Waals surface area contributed by atoms with Crippen molar-refractivity contribution in [1.82, 2.24) is 10.2 Å². The number of fused-ring (bicyclic) bond motifs is 1. The molecule has 2 atom stereocenters. The summed E-state index contributed by atoms with van der Waals surface area (Å²) in [6, 6.07) is 14.6. The molecule has 2 amide bonds. The molecular formula is C17H21N3O. The van der Waals surface area contributed by atoms with Crippen LogP contribution in [0.15, 0.2) is 42.5 Å². The lowest BCUT2D eigenvalue weighted by molar-refractivity contribution is 0.162. The van der Waals surface area contributed by atoms with E-state index in [4.69, 9.17) is 0 Å². The monoisotopic (exact) mass is 283 g/mol. The molecule has 1 saturated heterocycles. The zero-order valence-electron chi connectivity index (χ0n) is 12.5. The predicted molar refractivity (Wildman–Crippen MR) is 86.6 cm³/mol. The summed E-state index contributed by atoms with van der Waals surface area (Å²) in [5.74, 6) is 0. The fourth-order valence-corrected chi connectivity index (χ4v) is 2.83. The van der Waals surface area contributed by atoms with E-state index in [2.05, 4.69) is 36.6 Å². The van der Waals surface area contributed by atoms with Gasteiger partial charge >= 0.3 is 6.03 Å². The molecule has 0 aromatic heterocycles. The van der Waals surface area contributed by atoms with Gasteiger partial charge in [-0.25, -0.2) is 4.79 Å². The van der Waals surface area contributed by atoms with Gasteiger partial charge in [-0.1, -0.05) is 36.4 Å². The Labute approximate surface area is 125 Å². The van der Waals surface area contributed by atoms with E-state index in [1.165, 1.54) is 0 Å². The molecule has 1 heterocycles. The van der Waals surface area contributed by atoms with E-state index in [0.717, 1.165) is 29.5 Å². The van der Waals surface area contributed by atoms with Crippen molar-refractivity contribution in [2.24, 2.45) is 0 Å². The normalized spacial score (nSPS) is 22.3. The fraction of sp³-hybridized carbons (Fsp3) is 0.353. The topological polar surface area (TPSA) is 44.4 Å². The molecule has 1 aliphatic rings. The number of hydrogen-bond donors (Lipinski definition) is 2. The molecule has 1 fully saturated rings. The molecule has 0 saturated carbocycles. The number of benzene rings is 2. The first-order valence-corrected chi connectivity index (χ1v) is 7.44. The number of nitrogens with one attached hydrogen (secondary N) is 2. The summed E-state index contributed by atoms with van der Waals surface area (Å²) in [4.78, 5) is 14.5. The Morgan fingerprint density at radius 3 is 2.81 bits per heavy atom. The number of piperazine rings is 1. The maximum absolute atomic E-state index is 12.6. The van der Waals surface area contributed by atoms with Gasteiger partial charge < -0.3 is 15.5 Å². The fourth-order valence-electron chi connectivity index (χ4n) is 2.83. The van der Waals surface area contributed by atoms with E-state index in [1.807, 2.05) is 35.2 Å². The first-order valence-electron chi connectivity index (χ1n) is 7.44. The number of rotatable bonds is 1. The number of carbonyl (C=O) groups is 1. The van der Waals surface area contributed by atoms with Crippen LogP contribution in [0.2, 0.25) is 0 Å². The number of nitrogens with zero attached hydrogens (tertiary/aromatic N) is 1. The quantitative estimate of drug-likeness (QED) is 0.845. The summed E-state index contributed by atoms with van der Waals surface area (Å²) in [6.07, 6.45) is 0. The number of hydrogen-bond acceptors (Lipinski definition) is 2. The van der Waals surface area contributed by atoms with Gasteiger partial charge in [0.15, 0.2) is 0 Å². The molecule has 21 heavy (non-hydrogen) atoms. The zero-order chi connectivity index (χ0) is 14.8. The van der Waals surface area contributed by atoms with Crippen LogP contribution in [0.3, 0.4) is 0 Å². The van der Waals surface area contributed by atoms with E-state index in [1.54, 1.807) is 0 Å². The summed E-state index contributed by atoms with van der Waals surface area (Å²) in [5, 5.41) is 8.66. The van der Waals surface area contributed by atoms with Crippen LogP contribution < -0.4 is 10.6 Å². The van der Waals surface area contributed by atoms with Crippen LogP contribution in [-0.2, 0) is 0 Å². The minimum absolute atomic E-state index is 0.0211. The Morgan fingerprint density at radius 2 is 1.95 bits per heavy atom. The molecule has 3 rings (SSSR count). The van der Waals surface area contributed by atoms with Crippen molar-refractivity contribution in [3.05, 3.63) is 42.5 Å². The van der Waals surface area contributed by atoms with Crippen molar-refractivity contribution >= 4 is 22.5 Å². The molecule has 0 aliphatic carbocycles. The Kier molecular flexibility index (Phi) is 3.80. The van der Waals surface area contributed by atoms with Crippen molar-refractivity contribution in [2.45, 2.75) is 25.9 Å². The van der Waals surface area contributed by atoms with Crippen LogP contribution in [0, 0.1) is 0 Å². The van der Waals surface area contributed by atoms with Crippen LogP contribution in [0.4, 0.5) is 10.5 Å². The second-order valence-corrected chi connectivity index (χ2v) is 5.77. The Bertz CT molecular complexity index is 650. The standard InChI is InChI=1S/C17H21N3O/c1-12-11-20(13(2)10-18-12)17(21)19-16-9-5-7-14-6-3-4-8-15(14)16/h3-9,12-13,18H,10-11H2,1-2H3,(H,19,21). The van der Waals surface area contributed by atoms with Crippen LogP contribution in [0.25, 0.3) is 10.8 Å². The van der Waals surface area contributed by atoms with Gasteiger partial charge in [-0.3, -0.25) is 0 Å². The molecule has 0 radical (unpaired) electrons. The Hall–Kier alpha value is -2.07. The molecule has 0 spiro atoms. The van der Waals surface area contributed by atoms with Crippen molar-refractivity contribution < 1.29 is 4.79 Å². The molecular weight excluding hydrogens is 262 g/mol. The van der Waals surface area contributed by atoms with Crippen LogP contribution in [-0.4, -0.2) is 36.1 Å². The lowest BCUT2D eigenvalue weighted by atomic mass is 10.1. The highest BCUT2D eigenvalue weighted by molar-refractivity contribution is 6.01. The smallest absolute Gasteiger partial charge is 0.319 e. The average molecular weight is 283 g/mol. The van der Waals surface area contributed by atoms with Crippen LogP contribution in [0.5, 0.6) is 0 Å². The highest BCUT2D eigenvalue weighted by atomic mass is 16.2. The van der Waals surface area contributed by atoms with Gasteiger partial charge in [0.2, 0.25) is 0 Å². The summed E-state index contributed by atoms with van der Waals surface area (Å²) in [6.45, 7) is 5.74. The molecule has 4 nitrogen and oxygen atoms in total. The predicted octanol–water partition coefficient (Wildman–Crippen LogP) is 3.05. The van der Waals surface area contributed by atoms with Gasteiger partial charge in [0.25, 0.3) is 0 Å². The Balaban J connectivity index is 1.83. The molecule has 2 aromatic rings. The third kappa shape index (κ3) is 2.85. The van der Waals surface area contributed by atoms with Crippen molar-refractivity contribution in [3.8, 4) is 0 Å². The van der Waals surface area contributed by atoms with Gasteiger partial charge in [-0.15, -0.1) is 0 Å². The third-order valence-electron chi connectivity index (χ3n) is 4.06. The highest BCUT2D eigenvalue weighted by Gasteiger charge is 2.26. The SMILES string of the molecule is CC1CN(C(=O)Nc2cccc3ccccc23)C(C)CN1. The van der Waals surface area contributed by atoms with E-state index in [9.17, 15) is 4.79 Å². The van der Waals surface area contributed by atoms with Gasteiger partial charge in [0.05, 0.1) is 5.69 Å². The maximum atomic E-state index is 12.6. The summed E-state index contributed by atoms with van der Waals surface area (Å²) >= 11 is 0. The lowest BCUT2D eigenvalue weighted by Gasteiger charge is -2.37. The molecule has 2 N–H and O–H groups in total. The third-order valence-corrected chi connectivity index (χ3v) is 4.06. The number of anilines is 1. The first-order chi connectivity index (χ1) is 10.1. The van der Waals surface area contributed by atoms with Gasteiger partial charge in [0, 0.05) is 30.6 Å². The number of carbonyl (C=O) groups excluding carboxylic acids is 1. The second-order valence-electron chi connectivity index (χ2n) is 5.77. The van der Waals surface area contributed by atoms with E-state index in [-0.39, 0.29) is 12.1 Å². The number of urea groups is 1. The molecule has 110 valence electrons. The maximum Gasteiger partial charge on any atom is 0.322 e. The van der Waals surface area contributed by atoms with Gasteiger partial charge in [0.1, 0.15) is 0 Å². The largest absolute Gasteiger partial charge is 0.322 e. The minimum atomic E-state index is -0.0211. The molecule has 2 aromatic carbocycles. The van der Waals surface area contributed by atoms with Gasteiger partial charge in [-0.05, 0) is 25.3 Å². The minimum Gasteiger partial charge on any atom is -0.319 e. The van der Waals surface area contributed by atoms with Gasteiger partial charge in [-0.2, -0.15) is 0 Å². The highest BCUT2D eigenvalue weighted by Crippen LogP contribution is 2.23. The molecule has 2 unspecified atom stereocenters. The van der Waals surface area contributed by atoms with Crippen LogP contribution >= 0.6 is 0 Å². The zero-order valence-corrected chi connectivity index (χ0v) is 12.5. The van der Waals surface area contributed by atoms with E-state index in [0.29, 0.717) is 6.04 Å². The summed E-state index contributed by atoms with van der Waals surface area (Å²) in [7, 11) is 0. The molecule has 1 aliphatic heterocycles. The van der Waals surface area contributed by atoms with Crippen molar-refractivity contribution in [2.75, 3.05) is 18.4 Å². The van der Waals surface area contributed by atoms with E-state index < -0.39 is 0 Å². The average Bonchev–Trinajstić information content (AvgIpc) is 2.50. The van der Waals surface area contributed by atoms with E-state index >= 15 is 0 Å². The molecule has 0 bridgehead atoms. The van der Waals surface area contributed by atoms with Crippen LogP contribution in [0.1, 0.15) is 13.8 Å². The Morgan fingerprint density at radius 1 is 1.19 bits per heavy atom. The molecule has 4 heteroatoms. The van der Waals surface area contributed by atoms with Crippen molar-refractivity contribution in [1.29, 1.82) is 0 Å². The van der Waals surface area contributed by atoms with Crippen molar-refractivity contribution in [3.63, 3.8) is 0 Å². The summed E-state index contributed by atoms with van der Waals surface area (Å²) in [5.41, 5.74) is 0.872.